The van der Waals surface area contributed by atoms with Gasteiger partial charge in [-0.2, -0.15) is 0 Å². The van der Waals surface area contributed by atoms with Gasteiger partial charge in [0.2, 0.25) is 0 Å². The molecule has 0 atom stereocenters. The molecule has 20 heavy (non-hydrogen) atoms. The van der Waals surface area contributed by atoms with Gasteiger partial charge < -0.3 is 10.1 Å². The first kappa shape index (κ1) is 16.8. The first-order valence-electron chi connectivity index (χ1n) is 6.70. The third-order valence-electron chi connectivity index (χ3n) is 2.83. The van der Waals surface area contributed by atoms with Gasteiger partial charge in [-0.3, -0.25) is 4.79 Å². The van der Waals surface area contributed by atoms with Gasteiger partial charge in [-0.05, 0) is 43.9 Å². The fourth-order valence-electron chi connectivity index (χ4n) is 2.60. The van der Waals surface area contributed by atoms with Crippen LogP contribution in [0.1, 0.15) is 51.4 Å². The Bertz CT molecular complexity index is 490. The molecule has 1 amide bonds. The molecule has 0 heterocycles. The standard InChI is InChI=1S/C16H24ClNO2/c1-15(2,3)10-16(4,5)18-14(19)12-9-11(17)7-8-13(12)20-6/h7-9H,10H2,1-6H3,(H,18,19). The Morgan fingerprint density at radius 2 is 1.85 bits per heavy atom. The normalized spacial score (nSPS) is 12.2. The predicted octanol–water partition coefficient (Wildman–Crippen LogP) is 4.29. The van der Waals surface area contributed by atoms with E-state index in [1.54, 1.807) is 25.3 Å². The van der Waals surface area contributed by atoms with E-state index in [4.69, 9.17) is 16.3 Å². The van der Waals surface area contributed by atoms with Gasteiger partial charge in [0.25, 0.3) is 5.91 Å². The van der Waals surface area contributed by atoms with Crippen molar-refractivity contribution in [2.75, 3.05) is 7.11 Å². The van der Waals surface area contributed by atoms with Crippen LogP contribution in [0.2, 0.25) is 5.02 Å². The van der Waals surface area contributed by atoms with E-state index in [0.717, 1.165) is 6.42 Å². The Morgan fingerprint density at radius 3 is 2.35 bits per heavy atom. The van der Waals surface area contributed by atoms with E-state index in [9.17, 15) is 4.79 Å². The Labute approximate surface area is 126 Å². The third-order valence-corrected chi connectivity index (χ3v) is 3.07. The molecule has 0 aromatic heterocycles. The monoisotopic (exact) mass is 297 g/mol. The molecule has 1 aromatic rings. The van der Waals surface area contributed by atoms with Gasteiger partial charge in [0.05, 0.1) is 12.7 Å². The molecule has 0 saturated heterocycles. The van der Waals surface area contributed by atoms with Crippen LogP contribution in [-0.4, -0.2) is 18.6 Å². The molecule has 0 bridgehead atoms. The highest BCUT2D eigenvalue weighted by molar-refractivity contribution is 6.31. The Kier molecular flexibility index (Phi) is 5.09. The lowest BCUT2D eigenvalue weighted by Crippen LogP contribution is -2.45. The van der Waals surface area contributed by atoms with Gasteiger partial charge in [-0.25, -0.2) is 0 Å². The molecule has 0 unspecified atom stereocenters. The van der Waals surface area contributed by atoms with Gasteiger partial charge in [-0.1, -0.05) is 32.4 Å². The van der Waals surface area contributed by atoms with E-state index < -0.39 is 0 Å². The molecule has 112 valence electrons. The van der Waals surface area contributed by atoms with E-state index in [2.05, 4.69) is 26.1 Å². The summed E-state index contributed by atoms with van der Waals surface area (Å²) >= 11 is 5.96. The molecule has 0 fully saturated rings. The molecular weight excluding hydrogens is 274 g/mol. The second kappa shape index (κ2) is 6.04. The molecule has 0 saturated carbocycles. The number of carbonyl (C=O) groups is 1. The topological polar surface area (TPSA) is 38.3 Å². The molecule has 1 rings (SSSR count). The van der Waals surface area contributed by atoms with Gasteiger partial charge in [0.1, 0.15) is 5.75 Å². The van der Waals surface area contributed by atoms with Crippen LogP contribution in [0.4, 0.5) is 0 Å². The number of ether oxygens (including phenoxy) is 1. The minimum Gasteiger partial charge on any atom is -0.496 e. The Balaban J connectivity index is 2.94. The minimum atomic E-state index is -0.303. The first-order valence-corrected chi connectivity index (χ1v) is 7.08. The Hall–Kier alpha value is -1.22. The molecule has 3 nitrogen and oxygen atoms in total. The molecule has 0 spiro atoms. The summed E-state index contributed by atoms with van der Waals surface area (Å²) < 4.78 is 5.22. The third kappa shape index (κ3) is 5.04. The maximum Gasteiger partial charge on any atom is 0.255 e. The molecular formula is C16H24ClNO2. The van der Waals surface area contributed by atoms with Crippen molar-refractivity contribution in [3.05, 3.63) is 28.8 Å². The van der Waals surface area contributed by atoms with Gasteiger partial charge in [-0.15, -0.1) is 0 Å². The summed E-state index contributed by atoms with van der Waals surface area (Å²) in [6.07, 6.45) is 0.870. The van der Waals surface area contributed by atoms with E-state index in [1.165, 1.54) is 0 Å². The number of methoxy groups -OCH3 is 1. The average Bonchev–Trinajstić information content (AvgIpc) is 2.24. The lowest BCUT2D eigenvalue weighted by atomic mass is 9.81. The summed E-state index contributed by atoms with van der Waals surface area (Å²) in [5.41, 5.74) is 0.291. The lowest BCUT2D eigenvalue weighted by Gasteiger charge is -2.33. The lowest BCUT2D eigenvalue weighted by molar-refractivity contribution is 0.0888. The second-order valence-electron chi connectivity index (χ2n) is 6.92. The molecule has 1 aromatic carbocycles. The number of nitrogens with one attached hydrogen (secondary N) is 1. The Morgan fingerprint density at radius 1 is 1.25 bits per heavy atom. The molecule has 0 aliphatic rings. The van der Waals surface area contributed by atoms with E-state index >= 15 is 0 Å². The number of rotatable bonds is 4. The van der Waals surface area contributed by atoms with Crippen molar-refractivity contribution in [1.82, 2.24) is 5.32 Å². The van der Waals surface area contributed by atoms with Crippen LogP contribution >= 0.6 is 11.6 Å². The van der Waals surface area contributed by atoms with Crippen LogP contribution in [0.15, 0.2) is 18.2 Å². The van der Waals surface area contributed by atoms with E-state index in [0.29, 0.717) is 16.3 Å². The SMILES string of the molecule is COc1ccc(Cl)cc1C(=O)NC(C)(C)CC(C)(C)C. The molecule has 4 heteroatoms. The van der Waals surface area contributed by atoms with Gasteiger partial charge in [0.15, 0.2) is 0 Å². The van der Waals surface area contributed by atoms with Crippen molar-refractivity contribution in [3.63, 3.8) is 0 Å². The fraction of sp³-hybridized carbons (Fsp3) is 0.562. The van der Waals surface area contributed by atoms with Gasteiger partial charge >= 0.3 is 0 Å². The predicted molar refractivity (Wildman–Crippen MR) is 83.6 cm³/mol. The smallest absolute Gasteiger partial charge is 0.255 e. The van der Waals surface area contributed by atoms with Crippen LogP contribution < -0.4 is 10.1 Å². The van der Waals surface area contributed by atoms with Gasteiger partial charge in [0, 0.05) is 10.6 Å². The zero-order valence-corrected chi connectivity index (χ0v) is 13.9. The largest absolute Gasteiger partial charge is 0.496 e. The molecule has 0 radical (unpaired) electrons. The van der Waals surface area contributed by atoms with E-state index in [-0.39, 0.29) is 16.9 Å². The zero-order valence-electron chi connectivity index (χ0n) is 13.1. The van der Waals surface area contributed by atoms with Crippen LogP contribution in [0.25, 0.3) is 0 Å². The van der Waals surface area contributed by atoms with Crippen molar-refractivity contribution in [1.29, 1.82) is 0 Å². The van der Waals surface area contributed by atoms with Crippen molar-refractivity contribution in [2.24, 2.45) is 5.41 Å². The average molecular weight is 298 g/mol. The van der Waals surface area contributed by atoms with Crippen LogP contribution in [0, 0.1) is 5.41 Å². The second-order valence-corrected chi connectivity index (χ2v) is 7.36. The summed E-state index contributed by atoms with van der Waals surface area (Å²) in [5.74, 6) is 0.358. The van der Waals surface area contributed by atoms with Crippen LogP contribution in [-0.2, 0) is 0 Å². The highest BCUT2D eigenvalue weighted by Crippen LogP contribution is 2.28. The summed E-state index contributed by atoms with van der Waals surface area (Å²) in [6, 6.07) is 5.04. The maximum atomic E-state index is 12.4. The molecule has 1 N–H and O–H groups in total. The first-order chi connectivity index (χ1) is 9.04. The molecule has 0 aliphatic heterocycles. The van der Waals surface area contributed by atoms with E-state index in [1.807, 2.05) is 13.8 Å². The number of benzene rings is 1. The number of carbonyl (C=O) groups excluding carboxylic acids is 1. The number of halogens is 1. The number of hydrogen-bond donors (Lipinski definition) is 1. The van der Waals surface area contributed by atoms with Crippen LogP contribution in [0.3, 0.4) is 0 Å². The fourth-order valence-corrected chi connectivity index (χ4v) is 2.77. The highest BCUT2D eigenvalue weighted by atomic mass is 35.5. The zero-order chi connectivity index (χ0) is 15.6. The summed E-state index contributed by atoms with van der Waals surface area (Å²) in [6.45, 7) is 10.5. The van der Waals surface area contributed by atoms with Crippen molar-refractivity contribution < 1.29 is 9.53 Å². The maximum absolute atomic E-state index is 12.4. The highest BCUT2D eigenvalue weighted by Gasteiger charge is 2.28. The minimum absolute atomic E-state index is 0.134. The summed E-state index contributed by atoms with van der Waals surface area (Å²) in [4.78, 5) is 12.4. The van der Waals surface area contributed by atoms with Crippen molar-refractivity contribution >= 4 is 17.5 Å². The van der Waals surface area contributed by atoms with Crippen molar-refractivity contribution in [3.8, 4) is 5.75 Å². The molecule has 0 aliphatic carbocycles. The van der Waals surface area contributed by atoms with Crippen LogP contribution in [0.5, 0.6) is 5.75 Å². The summed E-state index contributed by atoms with van der Waals surface area (Å²) in [5, 5.41) is 3.57. The summed E-state index contributed by atoms with van der Waals surface area (Å²) in [7, 11) is 1.54. The quantitative estimate of drug-likeness (QED) is 0.900. The number of hydrogen-bond acceptors (Lipinski definition) is 2. The number of amides is 1. The van der Waals surface area contributed by atoms with Crippen molar-refractivity contribution in [2.45, 2.75) is 46.6 Å².